The van der Waals surface area contributed by atoms with Crippen molar-refractivity contribution in [2.45, 2.75) is 19.9 Å². The van der Waals surface area contributed by atoms with Gasteiger partial charge in [0.25, 0.3) is 0 Å². The van der Waals surface area contributed by atoms with Crippen molar-refractivity contribution in [2.75, 3.05) is 13.1 Å². The number of rotatable bonds is 6. The minimum Gasteiger partial charge on any atom is -0.480 e. The molecule has 1 rings (SSSR count). The molecule has 0 aliphatic carbocycles. The predicted molar refractivity (Wildman–Crippen MR) is 76.5 cm³/mol. The van der Waals surface area contributed by atoms with E-state index < -0.39 is 31.0 Å². The maximum atomic E-state index is 12.1. The second-order valence-electron chi connectivity index (χ2n) is 4.74. The van der Waals surface area contributed by atoms with Gasteiger partial charge in [0.15, 0.2) is 0 Å². The summed E-state index contributed by atoms with van der Waals surface area (Å²) in [4.78, 5) is 34.6. The van der Waals surface area contributed by atoms with E-state index in [4.69, 9.17) is 10.8 Å². The molecule has 1 unspecified atom stereocenters. The van der Waals surface area contributed by atoms with Gasteiger partial charge in [-0.3, -0.25) is 9.59 Å². The molecular weight excluding hydrogens is 274 g/mol. The summed E-state index contributed by atoms with van der Waals surface area (Å²) in [5.41, 5.74) is 6.94. The van der Waals surface area contributed by atoms with Crippen molar-refractivity contribution in [2.24, 2.45) is 5.73 Å². The van der Waals surface area contributed by atoms with Gasteiger partial charge in [0.05, 0.1) is 6.04 Å². The zero-order chi connectivity index (χ0) is 16.0. The first kappa shape index (κ1) is 16.5. The van der Waals surface area contributed by atoms with Crippen molar-refractivity contribution in [3.05, 3.63) is 35.4 Å². The molecule has 0 saturated heterocycles. The van der Waals surface area contributed by atoms with Gasteiger partial charge in [0.1, 0.15) is 13.1 Å². The molecule has 0 fully saturated rings. The summed E-state index contributed by atoms with van der Waals surface area (Å²) in [5.74, 6) is -1.98. The summed E-state index contributed by atoms with van der Waals surface area (Å²) in [7, 11) is 0. The number of primary amides is 1. The number of carbonyl (C=O) groups excluding carboxylic acids is 2. The van der Waals surface area contributed by atoms with E-state index in [9.17, 15) is 14.4 Å². The summed E-state index contributed by atoms with van der Waals surface area (Å²) in [6.45, 7) is 2.66. The number of nitrogens with two attached hydrogens (primary N) is 1. The van der Waals surface area contributed by atoms with Crippen molar-refractivity contribution < 1.29 is 19.5 Å². The van der Waals surface area contributed by atoms with Gasteiger partial charge >= 0.3 is 12.0 Å². The molecule has 7 nitrogen and oxygen atoms in total. The highest BCUT2D eigenvalue weighted by Crippen LogP contribution is 2.16. The van der Waals surface area contributed by atoms with E-state index in [-0.39, 0.29) is 6.04 Å². The van der Waals surface area contributed by atoms with Gasteiger partial charge in [-0.05, 0) is 25.0 Å². The van der Waals surface area contributed by atoms with Gasteiger partial charge in [-0.2, -0.15) is 0 Å². The zero-order valence-corrected chi connectivity index (χ0v) is 12.0. The van der Waals surface area contributed by atoms with Crippen LogP contribution in [-0.4, -0.2) is 41.0 Å². The van der Waals surface area contributed by atoms with Crippen molar-refractivity contribution in [3.63, 3.8) is 0 Å². The Balaban J connectivity index is 2.78. The van der Waals surface area contributed by atoms with Crippen LogP contribution in [0.25, 0.3) is 0 Å². The summed E-state index contributed by atoms with van der Waals surface area (Å²) >= 11 is 0. The Morgan fingerprint density at radius 2 is 1.90 bits per heavy atom. The predicted octanol–water partition coefficient (Wildman–Crippen LogP) is 0.638. The summed E-state index contributed by atoms with van der Waals surface area (Å²) in [5, 5.41) is 11.4. The van der Waals surface area contributed by atoms with Crippen LogP contribution >= 0.6 is 0 Å². The van der Waals surface area contributed by atoms with E-state index in [0.717, 1.165) is 16.0 Å². The first-order valence-electron chi connectivity index (χ1n) is 6.42. The monoisotopic (exact) mass is 293 g/mol. The smallest absolute Gasteiger partial charge is 0.323 e. The number of hydrogen-bond acceptors (Lipinski definition) is 3. The van der Waals surface area contributed by atoms with E-state index in [1.807, 2.05) is 31.2 Å². The van der Waals surface area contributed by atoms with Crippen LogP contribution in [0.4, 0.5) is 4.79 Å². The zero-order valence-electron chi connectivity index (χ0n) is 12.0. The number of nitrogens with one attached hydrogen (secondary N) is 1. The van der Waals surface area contributed by atoms with E-state index in [2.05, 4.69) is 5.32 Å². The number of hydrogen-bond donors (Lipinski definition) is 3. The molecule has 21 heavy (non-hydrogen) atoms. The Bertz CT molecular complexity index is 529. The third-order valence-electron chi connectivity index (χ3n) is 2.95. The highest BCUT2D eigenvalue weighted by Gasteiger charge is 2.21. The molecule has 0 aliphatic rings. The molecule has 0 saturated carbocycles. The van der Waals surface area contributed by atoms with Crippen LogP contribution in [-0.2, 0) is 9.59 Å². The molecule has 0 aliphatic heterocycles. The second kappa shape index (κ2) is 7.28. The second-order valence-corrected chi connectivity index (χ2v) is 4.74. The Labute approximate surface area is 122 Å². The maximum absolute atomic E-state index is 12.1. The molecular formula is C14H19N3O4. The number of aliphatic carboxylic acids is 1. The molecule has 0 heterocycles. The van der Waals surface area contributed by atoms with Gasteiger partial charge in [0, 0.05) is 0 Å². The van der Waals surface area contributed by atoms with Crippen LogP contribution in [0.15, 0.2) is 24.3 Å². The molecule has 114 valence electrons. The molecule has 0 bridgehead atoms. The lowest BCUT2D eigenvalue weighted by atomic mass is 10.0. The van der Waals surface area contributed by atoms with E-state index in [1.54, 1.807) is 6.92 Å². The van der Waals surface area contributed by atoms with Crippen molar-refractivity contribution >= 4 is 17.9 Å². The fourth-order valence-corrected chi connectivity index (χ4v) is 1.98. The van der Waals surface area contributed by atoms with Crippen LogP contribution in [0, 0.1) is 6.92 Å². The summed E-state index contributed by atoms with van der Waals surface area (Å²) in [6, 6.07) is 6.56. The molecule has 1 aromatic rings. The third kappa shape index (κ3) is 5.13. The lowest BCUT2D eigenvalue weighted by Crippen LogP contribution is -2.47. The van der Waals surface area contributed by atoms with Gasteiger partial charge in [0.2, 0.25) is 5.91 Å². The average Bonchev–Trinajstić information content (AvgIpc) is 2.37. The van der Waals surface area contributed by atoms with Gasteiger partial charge < -0.3 is 21.1 Å². The number of aryl methyl sites for hydroxylation is 1. The van der Waals surface area contributed by atoms with Crippen molar-refractivity contribution in [1.29, 1.82) is 0 Å². The fourth-order valence-electron chi connectivity index (χ4n) is 1.98. The first-order chi connectivity index (χ1) is 9.81. The number of carbonyl (C=O) groups is 3. The molecule has 1 atom stereocenters. The number of carboxylic acid groups (broad SMARTS) is 1. The Morgan fingerprint density at radius 1 is 1.29 bits per heavy atom. The molecule has 4 N–H and O–H groups in total. The average molecular weight is 293 g/mol. The number of benzene rings is 1. The number of nitrogens with zero attached hydrogens (tertiary/aromatic N) is 1. The van der Waals surface area contributed by atoms with Crippen LogP contribution in [0.5, 0.6) is 0 Å². The van der Waals surface area contributed by atoms with Crippen LogP contribution in [0.2, 0.25) is 0 Å². The van der Waals surface area contributed by atoms with Crippen LogP contribution in [0.3, 0.4) is 0 Å². The lowest BCUT2D eigenvalue weighted by molar-refractivity contribution is -0.137. The third-order valence-corrected chi connectivity index (χ3v) is 2.95. The van der Waals surface area contributed by atoms with E-state index >= 15 is 0 Å². The molecule has 0 spiro atoms. The Hall–Kier alpha value is -2.57. The van der Waals surface area contributed by atoms with E-state index in [1.165, 1.54) is 0 Å². The lowest BCUT2D eigenvalue weighted by Gasteiger charge is -2.23. The summed E-state index contributed by atoms with van der Waals surface area (Å²) < 4.78 is 0. The van der Waals surface area contributed by atoms with Crippen molar-refractivity contribution in [3.8, 4) is 0 Å². The molecule has 0 aromatic heterocycles. The standard InChI is InChI=1S/C14H19N3O4/c1-9-5-3-4-6-11(9)10(2)16-14(21)17(7-12(15)18)8-13(19)20/h3-6,10H,7-8H2,1-2H3,(H2,15,18)(H,16,21)(H,19,20). The SMILES string of the molecule is Cc1ccccc1C(C)NC(=O)N(CC(N)=O)CC(=O)O. The normalized spacial score (nSPS) is 11.5. The fraction of sp³-hybridized carbons (Fsp3) is 0.357. The summed E-state index contributed by atoms with van der Waals surface area (Å²) in [6.07, 6.45) is 0. The highest BCUT2D eigenvalue weighted by molar-refractivity contribution is 5.86. The topological polar surface area (TPSA) is 113 Å². The molecule has 3 amide bonds. The minimum atomic E-state index is -1.21. The molecule has 7 heteroatoms. The largest absolute Gasteiger partial charge is 0.480 e. The first-order valence-corrected chi connectivity index (χ1v) is 6.42. The van der Waals surface area contributed by atoms with Gasteiger partial charge in [-0.1, -0.05) is 24.3 Å². The van der Waals surface area contributed by atoms with Gasteiger partial charge in [-0.25, -0.2) is 4.79 Å². The number of amides is 3. The Morgan fingerprint density at radius 3 is 2.43 bits per heavy atom. The molecule has 1 aromatic carbocycles. The number of carboxylic acids is 1. The van der Waals surface area contributed by atoms with Crippen molar-refractivity contribution in [1.82, 2.24) is 10.2 Å². The van der Waals surface area contributed by atoms with Crippen LogP contribution in [0.1, 0.15) is 24.1 Å². The Kier molecular flexibility index (Phi) is 5.71. The van der Waals surface area contributed by atoms with E-state index in [0.29, 0.717) is 0 Å². The minimum absolute atomic E-state index is 0.317. The maximum Gasteiger partial charge on any atom is 0.323 e. The quantitative estimate of drug-likeness (QED) is 0.714. The van der Waals surface area contributed by atoms with Crippen LogP contribution < -0.4 is 11.1 Å². The molecule has 0 radical (unpaired) electrons. The number of urea groups is 1. The highest BCUT2D eigenvalue weighted by atomic mass is 16.4. The van der Waals surface area contributed by atoms with Gasteiger partial charge in [-0.15, -0.1) is 0 Å².